The topological polar surface area (TPSA) is 237 Å². The Morgan fingerprint density at radius 2 is 0.561 bits per heavy atom. The number of hydrogen-bond acceptors (Lipinski definition) is 15. The Morgan fingerprint density at radius 3 is 0.829 bits per heavy atom. The molecule has 5 atom stereocenters. The van der Waals surface area contributed by atoms with E-state index in [-0.39, 0.29) is 25.7 Å². The number of hydrogen-bond donors (Lipinski definition) is 3. The van der Waals surface area contributed by atoms with Gasteiger partial charge >= 0.3 is 39.5 Å². The summed E-state index contributed by atoms with van der Waals surface area (Å²) >= 11 is 0. The SMILES string of the molecule is CCCCCCCCCCCCC(=O)O[C@H](COC(=O)CCCCCCCCCCC)COP(=O)(O)OC[C@H](O)COP(=O)(O)OC[C@@H](COC(=O)CCCCCCCCCCC(C)C)OC(=O)CCCCCCCCCCCC(C)C. The van der Waals surface area contributed by atoms with E-state index in [9.17, 15) is 43.2 Å². The number of phosphoric ester groups is 2. The molecule has 0 saturated heterocycles. The van der Waals surface area contributed by atoms with Gasteiger partial charge in [-0.2, -0.15) is 0 Å². The molecule has 0 fully saturated rings. The molecule has 0 aromatic carbocycles. The number of ether oxygens (including phenoxy) is 4. The van der Waals surface area contributed by atoms with Crippen molar-refractivity contribution < 1.29 is 80.2 Å². The summed E-state index contributed by atoms with van der Waals surface area (Å²) in [6, 6.07) is 0. The van der Waals surface area contributed by atoms with Crippen molar-refractivity contribution in [2.45, 2.75) is 330 Å². The molecule has 486 valence electrons. The molecule has 0 aromatic heterocycles. The fourth-order valence-corrected chi connectivity index (χ4v) is 10.9. The van der Waals surface area contributed by atoms with Crippen LogP contribution in [0.15, 0.2) is 0 Å². The molecule has 0 spiro atoms. The van der Waals surface area contributed by atoms with Crippen molar-refractivity contribution in [1.82, 2.24) is 0 Å². The highest BCUT2D eigenvalue weighted by atomic mass is 31.2. The first-order chi connectivity index (χ1) is 39.4. The molecule has 0 rings (SSSR count). The molecule has 0 aromatic rings. The van der Waals surface area contributed by atoms with Crippen molar-refractivity contribution in [2.75, 3.05) is 39.6 Å². The summed E-state index contributed by atoms with van der Waals surface area (Å²) in [5, 5.41) is 10.5. The Bertz CT molecular complexity index is 1620. The first-order valence-corrected chi connectivity index (χ1v) is 36.0. The van der Waals surface area contributed by atoms with Gasteiger partial charge in [-0.05, 0) is 37.5 Å². The summed E-state index contributed by atoms with van der Waals surface area (Å²) in [6.07, 6.45) is 37.6. The highest BCUT2D eigenvalue weighted by molar-refractivity contribution is 7.47. The molecule has 0 aliphatic rings. The molecule has 3 N–H and O–H groups in total. The van der Waals surface area contributed by atoms with E-state index in [1.54, 1.807) is 0 Å². The van der Waals surface area contributed by atoms with E-state index in [1.807, 2.05) is 0 Å². The number of carbonyl (C=O) groups excluding carboxylic acids is 4. The number of aliphatic hydroxyl groups excluding tert-OH is 1. The minimum Gasteiger partial charge on any atom is -0.462 e. The zero-order valence-electron chi connectivity index (χ0n) is 52.8. The van der Waals surface area contributed by atoms with Crippen LogP contribution < -0.4 is 0 Å². The lowest BCUT2D eigenvalue weighted by atomic mass is 10.0. The molecule has 0 amide bonds. The Labute approximate surface area is 498 Å². The normalized spacial score (nSPS) is 14.3. The Morgan fingerprint density at radius 1 is 0.329 bits per heavy atom. The van der Waals surface area contributed by atoms with E-state index < -0.39 is 97.5 Å². The molecule has 2 unspecified atom stereocenters. The fraction of sp³-hybridized carbons (Fsp3) is 0.937. The summed E-state index contributed by atoms with van der Waals surface area (Å²) in [7, 11) is -9.88. The Balaban J connectivity index is 5.24. The average Bonchev–Trinajstić information content (AvgIpc) is 3.43. The second-order valence-electron chi connectivity index (χ2n) is 23.7. The van der Waals surface area contributed by atoms with Crippen LogP contribution >= 0.6 is 15.6 Å². The average molecular weight is 1210 g/mol. The predicted molar refractivity (Wildman–Crippen MR) is 326 cm³/mol. The van der Waals surface area contributed by atoms with E-state index in [2.05, 4.69) is 41.5 Å². The number of aliphatic hydroxyl groups is 1. The molecule has 0 aliphatic carbocycles. The molecule has 19 heteroatoms. The number of phosphoric acid groups is 2. The standard InChI is InChI=1S/C63H122O17P2/c1-7-9-11-13-15-17-21-29-35-41-47-62(67)79-58(51-73-60(65)45-39-33-27-19-16-14-12-10-8-2)53-77-81(69,70)75-49-57(64)50-76-82(71,72)78-54-59(52-74-61(66)46-40-34-28-24-23-26-32-38-44-56(5)6)80-63(68)48-42-36-30-22-18-20-25-31-37-43-55(3)4/h55-59,64H,7-54H2,1-6H3,(H,69,70)(H,71,72)/t57-,58+,59+/m0/s1. The van der Waals surface area contributed by atoms with Gasteiger partial charge in [0, 0.05) is 25.7 Å². The van der Waals surface area contributed by atoms with Gasteiger partial charge < -0.3 is 33.8 Å². The lowest BCUT2D eigenvalue weighted by molar-refractivity contribution is -0.161. The maximum absolute atomic E-state index is 13.0. The second kappa shape index (κ2) is 55.6. The fourth-order valence-electron chi connectivity index (χ4n) is 9.35. The van der Waals surface area contributed by atoms with Crippen molar-refractivity contribution in [1.29, 1.82) is 0 Å². The maximum Gasteiger partial charge on any atom is 0.472 e. The molecule has 82 heavy (non-hydrogen) atoms. The number of unbranched alkanes of at least 4 members (excludes halogenated alkanes) is 32. The van der Waals surface area contributed by atoms with Gasteiger partial charge in [0.05, 0.1) is 26.4 Å². The van der Waals surface area contributed by atoms with Crippen molar-refractivity contribution in [3.05, 3.63) is 0 Å². The highest BCUT2D eigenvalue weighted by Crippen LogP contribution is 2.45. The van der Waals surface area contributed by atoms with Gasteiger partial charge in [0.15, 0.2) is 12.2 Å². The lowest BCUT2D eigenvalue weighted by Gasteiger charge is -2.21. The van der Waals surface area contributed by atoms with E-state index in [1.165, 1.54) is 128 Å². The van der Waals surface area contributed by atoms with Crippen LogP contribution in [0.3, 0.4) is 0 Å². The first-order valence-electron chi connectivity index (χ1n) is 33.0. The van der Waals surface area contributed by atoms with Gasteiger partial charge in [-0.15, -0.1) is 0 Å². The van der Waals surface area contributed by atoms with Crippen LogP contribution in [-0.4, -0.2) is 96.7 Å². The molecule has 0 aliphatic heterocycles. The van der Waals surface area contributed by atoms with Crippen molar-refractivity contribution in [3.63, 3.8) is 0 Å². The number of esters is 4. The summed E-state index contributed by atoms with van der Waals surface area (Å²) < 4.78 is 67.9. The van der Waals surface area contributed by atoms with E-state index in [0.717, 1.165) is 102 Å². The largest absolute Gasteiger partial charge is 0.472 e. The van der Waals surface area contributed by atoms with Crippen molar-refractivity contribution in [2.24, 2.45) is 11.8 Å². The lowest BCUT2D eigenvalue weighted by Crippen LogP contribution is -2.30. The van der Waals surface area contributed by atoms with Crippen LogP contribution in [0.25, 0.3) is 0 Å². The minimum absolute atomic E-state index is 0.105. The van der Waals surface area contributed by atoms with Crippen molar-refractivity contribution >= 4 is 39.5 Å². The summed E-state index contributed by atoms with van der Waals surface area (Å²) in [5.74, 6) is -0.674. The number of carbonyl (C=O) groups is 4. The Kier molecular flexibility index (Phi) is 54.3. The monoisotopic (exact) mass is 1210 g/mol. The van der Waals surface area contributed by atoms with Crippen LogP contribution in [-0.2, 0) is 65.4 Å². The van der Waals surface area contributed by atoms with Crippen LogP contribution in [0.2, 0.25) is 0 Å². The van der Waals surface area contributed by atoms with E-state index in [0.29, 0.717) is 25.7 Å². The third-order valence-electron chi connectivity index (χ3n) is 14.5. The third kappa shape index (κ3) is 57.2. The zero-order chi connectivity index (χ0) is 60.8. The summed E-state index contributed by atoms with van der Waals surface area (Å²) in [6.45, 7) is 9.41. The van der Waals surface area contributed by atoms with Crippen LogP contribution in [0.4, 0.5) is 0 Å². The summed E-state index contributed by atoms with van der Waals surface area (Å²) in [4.78, 5) is 72.1. The van der Waals surface area contributed by atoms with Gasteiger partial charge in [-0.25, -0.2) is 9.13 Å². The van der Waals surface area contributed by atoms with Gasteiger partial charge in [-0.1, -0.05) is 260 Å². The van der Waals surface area contributed by atoms with E-state index >= 15 is 0 Å². The zero-order valence-corrected chi connectivity index (χ0v) is 54.6. The molecule has 0 saturated carbocycles. The van der Waals surface area contributed by atoms with Gasteiger partial charge in [0.2, 0.25) is 0 Å². The number of rotatable bonds is 62. The minimum atomic E-state index is -4.94. The molecular weight excluding hydrogens is 1090 g/mol. The smallest absolute Gasteiger partial charge is 0.462 e. The predicted octanol–water partition coefficient (Wildman–Crippen LogP) is 17.3. The Hall–Kier alpha value is -1.94. The van der Waals surface area contributed by atoms with Gasteiger partial charge in [-0.3, -0.25) is 37.3 Å². The van der Waals surface area contributed by atoms with Crippen LogP contribution in [0.1, 0.15) is 311 Å². The highest BCUT2D eigenvalue weighted by Gasteiger charge is 2.30. The van der Waals surface area contributed by atoms with Gasteiger partial charge in [0.1, 0.15) is 19.3 Å². The molecule has 0 bridgehead atoms. The third-order valence-corrected chi connectivity index (χ3v) is 16.4. The van der Waals surface area contributed by atoms with Crippen LogP contribution in [0.5, 0.6) is 0 Å². The van der Waals surface area contributed by atoms with E-state index in [4.69, 9.17) is 37.0 Å². The van der Waals surface area contributed by atoms with Crippen molar-refractivity contribution in [3.8, 4) is 0 Å². The van der Waals surface area contributed by atoms with Crippen LogP contribution in [0, 0.1) is 11.8 Å². The molecule has 0 radical (unpaired) electrons. The maximum atomic E-state index is 13.0. The first kappa shape index (κ1) is 80.1. The molecule has 17 nitrogen and oxygen atoms in total. The second-order valence-corrected chi connectivity index (χ2v) is 26.7. The quantitative estimate of drug-likeness (QED) is 0.0222. The molecular formula is C63H122O17P2. The molecule has 0 heterocycles. The summed E-state index contributed by atoms with van der Waals surface area (Å²) in [5.41, 5.74) is 0. The van der Waals surface area contributed by atoms with Gasteiger partial charge in [0.25, 0.3) is 0 Å².